The van der Waals surface area contributed by atoms with Gasteiger partial charge in [0.25, 0.3) is 0 Å². The van der Waals surface area contributed by atoms with Crippen LogP contribution in [0.4, 0.5) is 5.82 Å². The van der Waals surface area contributed by atoms with Crippen LogP contribution < -0.4 is 11.1 Å². The lowest BCUT2D eigenvalue weighted by molar-refractivity contribution is -0.118. The number of hydrogen-bond donors (Lipinski definition) is 2. The van der Waals surface area contributed by atoms with Crippen molar-refractivity contribution in [2.45, 2.75) is 11.4 Å². The molecule has 0 saturated carbocycles. The minimum absolute atomic E-state index is 0.0261. The summed E-state index contributed by atoms with van der Waals surface area (Å²) in [7, 11) is 0. The Labute approximate surface area is 126 Å². The zero-order chi connectivity index (χ0) is 14.4. The number of amides is 1. The van der Waals surface area contributed by atoms with E-state index in [0.29, 0.717) is 23.1 Å². The monoisotopic (exact) mass is 307 g/mol. The molecule has 6 heteroatoms. The molecule has 0 aliphatic heterocycles. The Bertz CT molecular complexity index is 520. The molecule has 0 fully saturated rings. The van der Waals surface area contributed by atoms with Crippen molar-refractivity contribution < 1.29 is 4.79 Å². The van der Waals surface area contributed by atoms with Crippen LogP contribution in [0.3, 0.4) is 0 Å². The van der Waals surface area contributed by atoms with Crippen LogP contribution in [-0.2, 0) is 11.3 Å². The molecule has 2 rings (SSSR count). The molecule has 0 aliphatic carbocycles. The van der Waals surface area contributed by atoms with Crippen molar-refractivity contribution in [3.05, 3.63) is 53.2 Å². The summed E-state index contributed by atoms with van der Waals surface area (Å²) in [6.45, 7) is 0.497. The maximum Gasteiger partial charge on any atom is 0.230 e. The number of hydrogen-bond acceptors (Lipinski definition) is 4. The average molecular weight is 308 g/mol. The molecule has 0 bridgehead atoms. The molecule has 0 atom stereocenters. The third-order valence-electron chi connectivity index (χ3n) is 2.53. The predicted octanol–water partition coefficient (Wildman–Crippen LogP) is 2.73. The second-order valence-corrected chi connectivity index (χ2v) is 5.60. The smallest absolute Gasteiger partial charge is 0.230 e. The predicted molar refractivity (Wildman–Crippen MR) is 82.7 cm³/mol. The van der Waals surface area contributed by atoms with Gasteiger partial charge < -0.3 is 11.1 Å². The number of pyridine rings is 1. The number of nitrogens with two attached hydrogens (primary N) is 1. The van der Waals surface area contributed by atoms with E-state index < -0.39 is 0 Å². The highest BCUT2D eigenvalue weighted by Crippen LogP contribution is 2.17. The highest BCUT2D eigenvalue weighted by molar-refractivity contribution is 8.00. The molecule has 1 aromatic heterocycles. The molecule has 0 aliphatic rings. The van der Waals surface area contributed by atoms with Gasteiger partial charge in [-0.1, -0.05) is 23.7 Å². The number of halogens is 1. The van der Waals surface area contributed by atoms with E-state index in [4.69, 9.17) is 17.3 Å². The molecule has 20 heavy (non-hydrogen) atoms. The first-order chi connectivity index (χ1) is 9.63. The van der Waals surface area contributed by atoms with Crippen LogP contribution in [0.15, 0.2) is 47.5 Å². The quantitative estimate of drug-likeness (QED) is 0.833. The van der Waals surface area contributed by atoms with Crippen LogP contribution in [0.2, 0.25) is 5.02 Å². The Morgan fingerprint density at radius 2 is 2.00 bits per heavy atom. The number of nitrogen functional groups attached to an aromatic ring is 1. The van der Waals surface area contributed by atoms with Crippen LogP contribution in [0.25, 0.3) is 0 Å². The van der Waals surface area contributed by atoms with Gasteiger partial charge in [-0.15, -0.1) is 11.8 Å². The van der Waals surface area contributed by atoms with Crippen molar-refractivity contribution in [1.82, 2.24) is 10.3 Å². The summed E-state index contributed by atoms with van der Waals surface area (Å²) in [5.74, 6) is 0.794. The second-order valence-electron chi connectivity index (χ2n) is 4.11. The molecule has 1 amide bonds. The summed E-state index contributed by atoms with van der Waals surface area (Å²) in [5, 5.41) is 3.54. The van der Waals surface area contributed by atoms with Gasteiger partial charge in [-0.2, -0.15) is 0 Å². The van der Waals surface area contributed by atoms with E-state index in [1.807, 2.05) is 18.2 Å². The van der Waals surface area contributed by atoms with E-state index in [0.717, 1.165) is 10.5 Å². The molecular formula is C14H14ClN3OS. The summed E-state index contributed by atoms with van der Waals surface area (Å²) in [6, 6.07) is 10.9. The molecule has 1 aromatic carbocycles. The van der Waals surface area contributed by atoms with Crippen molar-refractivity contribution in [3.63, 3.8) is 0 Å². The van der Waals surface area contributed by atoms with Gasteiger partial charge in [-0.3, -0.25) is 4.79 Å². The fourth-order valence-electron chi connectivity index (χ4n) is 1.48. The van der Waals surface area contributed by atoms with Crippen molar-refractivity contribution in [3.8, 4) is 0 Å². The second kappa shape index (κ2) is 7.17. The van der Waals surface area contributed by atoms with Crippen LogP contribution in [-0.4, -0.2) is 16.6 Å². The first-order valence-corrected chi connectivity index (χ1v) is 7.35. The molecule has 2 aromatic rings. The van der Waals surface area contributed by atoms with Gasteiger partial charge in [-0.05, 0) is 29.8 Å². The van der Waals surface area contributed by atoms with Crippen molar-refractivity contribution in [2.24, 2.45) is 0 Å². The van der Waals surface area contributed by atoms with E-state index in [1.165, 1.54) is 11.8 Å². The van der Waals surface area contributed by atoms with E-state index in [1.54, 1.807) is 24.4 Å². The maximum atomic E-state index is 11.7. The Kier molecular flexibility index (Phi) is 5.26. The normalized spacial score (nSPS) is 10.2. The van der Waals surface area contributed by atoms with Crippen molar-refractivity contribution >= 4 is 35.1 Å². The van der Waals surface area contributed by atoms with Crippen LogP contribution in [0, 0.1) is 0 Å². The van der Waals surface area contributed by atoms with Crippen LogP contribution >= 0.6 is 23.4 Å². The van der Waals surface area contributed by atoms with Crippen LogP contribution in [0.1, 0.15) is 5.56 Å². The van der Waals surface area contributed by atoms with Gasteiger partial charge in [-0.25, -0.2) is 4.98 Å². The third-order valence-corrected chi connectivity index (χ3v) is 3.77. The lowest BCUT2D eigenvalue weighted by Crippen LogP contribution is -2.24. The number of thioether (sulfide) groups is 1. The van der Waals surface area contributed by atoms with E-state index in [-0.39, 0.29) is 5.91 Å². The first kappa shape index (κ1) is 14.7. The number of nitrogens with zero attached hydrogens (tertiary/aromatic N) is 1. The highest BCUT2D eigenvalue weighted by atomic mass is 35.5. The lowest BCUT2D eigenvalue weighted by Gasteiger charge is -2.05. The van der Waals surface area contributed by atoms with Crippen molar-refractivity contribution in [1.29, 1.82) is 0 Å². The summed E-state index contributed by atoms with van der Waals surface area (Å²) >= 11 is 7.22. The fourth-order valence-corrected chi connectivity index (χ4v) is 2.30. The molecule has 104 valence electrons. The van der Waals surface area contributed by atoms with Gasteiger partial charge in [0.15, 0.2) is 0 Å². The standard InChI is InChI=1S/C14H14ClN3OS/c15-11-3-1-10(2-4-11)7-18-14(19)9-20-12-5-6-13(16)17-8-12/h1-6,8H,7,9H2,(H2,16,17)(H,18,19). The fraction of sp³-hybridized carbons (Fsp3) is 0.143. The average Bonchev–Trinajstić information content (AvgIpc) is 2.46. The number of carbonyl (C=O) groups is 1. The maximum absolute atomic E-state index is 11.7. The molecule has 0 saturated heterocycles. The summed E-state index contributed by atoms with van der Waals surface area (Å²) in [6.07, 6.45) is 1.66. The van der Waals surface area contributed by atoms with Gasteiger partial charge >= 0.3 is 0 Å². The molecule has 4 nitrogen and oxygen atoms in total. The molecule has 0 spiro atoms. The number of aromatic nitrogens is 1. The van der Waals surface area contributed by atoms with Gasteiger partial charge in [0.1, 0.15) is 5.82 Å². The molecule has 0 unspecified atom stereocenters. The van der Waals surface area contributed by atoms with Gasteiger partial charge in [0, 0.05) is 22.7 Å². The van der Waals surface area contributed by atoms with Gasteiger partial charge in [0.05, 0.1) is 5.75 Å². The lowest BCUT2D eigenvalue weighted by atomic mass is 10.2. The van der Waals surface area contributed by atoms with Crippen molar-refractivity contribution in [2.75, 3.05) is 11.5 Å². The number of benzene rings is 1. The first-order valence-electron chi connectivity index (χ1n) is 5.99. The van der Waals surface area contributed by atoms with E-state index in [2.05, 4.69) is 10.3 Å². The minimum Gasteiger partial charge on any atom is -0.384 e. The van der Waals surface area contributed by atoms with Crippen LogP contribution in [0.5, 0.6) is 0 Å². The summed E-state index contributed by atoms with van der Waals surface area (Å²) in [5.41, 5.74) is 6.51. The van der Waals surface area contributed by atoms with E-state index in [9.17, 15) is 4.79 Å². The summed E-state index contributed by atoms with van der Waals surface area (Å²) in [4.78, 5) is 16.6. The zero-order valence-electron chi connectivity index (χ0n) is 10.7. The SMILES string of the molecule is Nc1ccc(SCC(=O)NCc2ccc(Cl)cc2)cn1. The highest BCUT2D eigenvalue weighted by Gasteiger charge is 2.03. The topological polar surface area (TPSA) is 68.0 Å². The molecular weight excluding hydrogens is 294 g/mol. The number of rotatable bonds is 5. The Morgan fingerprint density at radius 3 is 2.65 bits per heavy atom. The van der Waals surface area contributed by atoms with Gasteiger partial charge in [0.2, 0.25) is 5.91 Å². The Morgan fingerprint density at radius 1 is 1.25 bits per heavy atom. The minimum atomic E-state index is -0.0261. The molecule has 0 radical (unpaired) electrons. The number of anilines is 1. The molecule has 3 N–H and O–H groups in total. The number of carbonyl (C=O) groups excluding carboxylic acids is 1. The largest absolute Gasteiger partial charge is 0.384 e. The Balaban J connectivity index is 1.75. The number of nitrogens with one attached hydrogen (secondary N) is 1. The van der Waals surface area contributed by atoms with E-state index >= 15 is 0 Å². The molecule has 1 heterocycles. The Hall–Kier alpha value is -1.72. The summed E-state index contributed by atoms with van der Waals surface area (Å²) < 4.78 is 0. The zero-order valence-corrected chi connectivity index (χ0v) is 12.2. The third kappa shape index (κ3) is 4.75.